The third-order valence-corrected chi connectivity index (χ3v) is 3.37. The second-order valence-corrected chi connectivity index (χ2v) is 4.75. The standard InChI is InChI=1S/C18H14O4/c1-21-16-8-4-7-15(18(19)20)17(16)22-14-10-9-12-5-2-3-6-13(12)11-14/h2-11H,1H3,(H,19,20). The Balaban J connectivity index is 2.05. The third kappa shape index (κ3) is 2.59. The Kier molecular flexibility index (Phi) is 3.66. The molecule has 22 heavy (non-hydrogen) atoms. The number of fused-ring (bicyclic) bond motifs is 1. The number of para-hydroxylation sites is 1. The lowest BCUT2D eigenvalue weighted by Gasteiger charge is -2.13. The molecule has 0 aliphatic heterocycles. The van der Waals surface area contributed by atoms with Crippen LogP contribution in [0.15, 0.2) is 60.7 Å². The predicted molar refractivity (Wildman–Crippen MR) is 84.0 cm³/mol. The molecule has 1 N–H and O–H groups in total. The number of carboxylic acids is 1. The van der Waals surface area contributed by atoms with Crippen LogP contribution in [-0.4, -0.2) is 18.2 Å². The molecular weight excluding hydrogens is 280 g/mol. The van der Waals surface area contributed by atoms with Crippen LogP contribution in [0.2, 0.25) is 0 Å². The first kappa shape index (κ1) is 13.9. The first-order valence-corrected chi connectivity index (χ1v) is 6.76. The van der Waals surface area contributed by atoms with Gasteiger partial charge < -0.3 is 14.6 Å². The molecular formula is C18H14O4. The van der Waals surface area contributed by atoms with E-state index in [9.17, 15) is 9.90 Å². The lowest BCUT2D eigenvalue weighted by atomic mass is 10.1. The minimum atomic E-state index is -1.06. The van der Waals surface area contributed by atoms with Crippen LogP contribution in [0, 0.1) is 0 Å². The largest absolute Gasteiger partial charge is 0.493 e. The van der Waals surface area contributed by atoms with Crippen molar-refractivity contribution >= 4 is 16.7 Å². The molecule has 3 aromatic rings. The number of methoxy groups -OCH3 is 1. The molecule has 0 saturated heterocycles. The molecule has 0 aromatic heterocycles. The van der Waals surface area contributed by atoms with E-state index >= 15 is 0 Å². The summed E-state index contributed by atoms with van der Waals surface area (Å²) in [4.78, 5) is 11.4. The first-order valence-electron chi connectivity index (χ1n) is 6.76. The maximum atomic E-state index is 11.4. The Morgan fingerprint density at radius 1 is 0.955 bits per heavy atom. The van der Waals surface area contributed by atoms with Gasteiger partial charge in [0, 0.05) is 0 Å². The van der Waals surface area contributed by atoms with E-state index in [-0.39, 0.29) is 11.3 Å². The van der Waals surface area contributed by atoms with Gasteiger partial charge in [-0.05, 0) is 35.0 Å². The zero-order valence-electron chi connectivity index (χ0n) is 11.9. The molecule has 0 radical (unpaired) electrons. The van der Waals surface area contributed by atoms with Crippen molar-refractivity contribution in [3.05, 3.63) is 66.2 Å². The van der Waals surface area contributed by atoms with Crippen molar-refractivity contribution in [3.8, 4) is 17.2 Å². The molecule has 0 saturated carbocycles. The molecule has 0 heterocycles. The van der Waals surface area contributed by atoms with Crippen LogP contribution in [0.3, 0.4) is 0 Å². The van der Waals surface area contributed by atoms with Gasteiger partial charge in [-0.2, -0.15) is 0 Å². The number of carboxylic acid groups (broad SMARTS) is 1. The van der Waals surface area contributed by atoms with Crippen LogP contribution in [0.25, 0.3) is 10.8 Å². The third-order valence-electron chi connectivity index (χ3n) is 3.37. The van der Waals surface area contributed by atoms with Crippen molar-refractivity contribution in [1.82, 2.24) is 0 Å². The van der Waals surface area contributed by atoms with Crippen LogP contribution in [-0.2, 0) is 0 Å². The fourth-order valence-electron chi connectivity index (χ4n) is 2.30. The Hall–Kier alpha value is -3.01. The number of ether oxygens (including phenoxy) is 2. The van der Waals surface area contributed by atoms with Crippen LogP contribution in [0.5, 0.6) is 17.2 Å². The maximum Gasteiger partial charge on any atom is 0.339 e. The summed E-state index contributed by atoms with van der Waals surface area (Å²) in [5.41, 5.74) is 0.0625. The molecule has 0 bridgehead atoms. The van der Waals surface area contributed by atoms with Gasteiger partial charge in [-0.3, -0.25) is 0 Å². The van der Waals surface area contributed by atoms with Gasteiger partial charge in [-0.15, -0.1) is 0 Å². The molecule has 0 spiro atoms. The van der Waals surface area contributed by atoms with Crippen LogP contribution < -0.4 is 9.47 Å². The fraction of sp³-hybridized carbons (Fsp3) is 0.0556. The molecule has 4 heteroatoms. The highest BCUT2D eigenvalue weighted by atomic mass is 16.5. The molecule has 0 unspecified atom stereocenters. The molecule has 4 nitrogen and oxygen atoms in total. The Bertz CT molecular complexity index is 839. The summed E-state index contributed by atoms with van der Waals surface area (Å²) in [5.74, 6) is 0.0845. The topological polar surface area (TPSA) is 55.8 Å². The molecule has 3 aromatic carbocycles. The molecule has 0 amide bonds. The Morgan fingerprint density at radius 3 is 2.45 bits per heavy atom. The monoisotopic (exact) mass is 294 g/mol. The summed E-state index contributed by atoms with van der Waals surface area (Å²) in [6.07, 6.45) is 0. The molecule has 0 aliphatic rings. The smallest absolute Gasteiger partial charge is 0.339 e. The molecule has 0 fully saturated rings. The zero-order valence-corrected chi connectivity index (χ0v) is 11.9. The van der Waals surface area contributed by atoms with Crippen molar-refractivity contribution in [2.45, 2.75) is 0 Å². The van der Waals surface area contributed by atoms with Gasteiger partial charge >= 0.3 is 5.97 Å². The van der Waals surface area contributed by atoms with Gasteiger partial charge in [0.05, 0.1) is 7.11 Å². The van der Waals surface area contributed by atoms with Gasteiger partial charge in [0.15, 0.2) is 11.5 Å². The number of aromatic carboxylic acids is 1. The molecule has 110 valence electrons. The molecule has 3 rings (SSSR count). The van der Waals surface area contributed by atoms with Crippen molar-refractivity contribution in [2.24, 2.45) is 0 Å². The summed E-state index contributed by atoms with van der Waals surface area (Å²) >= 11 is 0. The minimum Gasteiger partial charge on any atom is -0.493 e. The highest BCUT2D eigenvalue weighted by Crippen LogP contribution is 2.35. The maximum absolute atomic E-state index is 11.4. The van der Waals surface area contributed by atoms with Gasteiger partial charge in [-0.1, -0.05) is 36.4 Å². The van der Waals surface area contributed by atoms with Gasteiger partial charge in [0.2, 0.25) is 0 Å². The summed E-state index contributed by atoms with van der Waals surface area (Å²) in [6, 6.07) is 18.3. The number of rotatable bonds is 4. The molecule has 0 atom stereocenters. The summed E-state index contributed by atoms with van der Waals surface area (Å²) in [7, 11) is 1.48. The second kappa shape index (κ2) is 5.77. The fourth-order valence-corrected chi connectivity index (χ4v) is 2.30. The van der Waals surface area contributed by atoms with Gasteiger partial charge in [0.1, 0.15) is 11.3 Å². The lowest BCUT2D eigenvalue weighted by molar-refractivity contribution is 0.0693. The van der Waals surface area contributed by atoms with Crippen LogP contribution in [0.4, 0.5) is 0 Å². The van der Waals surface area contributed by atoms with Crippen molar-refractivity contribution in [3.63, 3.8) is 0 Å². The zero-order chi connectivity index (χ0) is 15.5. The number of carbonyl (C=O) groups is 1. The molecule has 0 aliphatic carbocycles. The Morgan fingerprint density at radius 2 is 1.73 bits per heavy atom. The number of hydrogen-bond donors (Lipinski definition) is 1. The van der Waals surface area contributed by atoms with E-state index in [1.54, 1.807) is 18.2 Å². The van der Waals surface area contributed by atoms with Gasteiger partial charge in [-0.25, -0.2) is 4.79 Å². The average molecular weight is 294 g/mol. The SMILES string of the molecule is COc1cccc(C(=O)O)c1Oc1ccc2ccccc2c1. The summed E-state index contributed by atoms with van der Waals surface area (Å²) in [5, 5.41) is 11.4. The van der Waals surface area contributed by atoms with E-state index in [2.05, 4.69) is 0 Å². The summed E-state index contributed by atoms with van der Waals surface area (Å²) in [6.45, 7) is 0. The van der Waals surface area contributed by atoms with Crippen molar-refractivity contribution in [1.29, 1.82) is 0 Å². The quantitative estimate of drug-likeness (QED) is 0.777. The van der Waals surface area contributed by atoms with Crippen molar-refractivity contribution in [2.75, 3.05) is 7.11 Å². The van der Waals surface area contributed by atoms with E-state index in [1.165, 1.54) is 13.2 Å². The minimum absolute atomic E-state index is 0.0625. The summed E-state index contributed by atoms with van der Waals surface area (Å²) < 4.78 is 11.0. The normalized spacial score (nSPS) is 10.4. The lowest BCUT2D eigenvalue weighted by Crippen LogP contribution is -2.01. The number of hydrogen-bond acceptors (Lipinski definition) is 3. The van der Waals surface area contributed by atoms with E-state index in [4.69, 9.17) is 9.47 Å². The Labute approximate surface area is 127 Å². The first-order chi connectivity index (χ1) is 10.7. The van der Waals surface area contributed by atoms with Crippen molar-refractivity contribution < 1.29 is 19.4 Å². The van der Waals surface area contributed by atoms with E-state index in [1.807, 2.05) is 36.4 Å². The highest BCUT2D eigenvalue weighted by Gasteiger charge is 2.17. The van der Waals surface area contributed by atoms with Crippen LogP contribution in [0.1, 0.15) is 10.4 Å². The second-order valence-electron chi connectivity index (χ2n) is 4.75. The predicted octanol–water partition coefficient (Wildman–Crippen LogP) is 4.34. The van der Waals surface area contributed by atoms with E-state index in [0.717, 1.165) is 10.8 Å². The van der Waals surface area contributed by atoms with Crippen LogP contribution >= 0.6 is 0 Å². The van der Waals surface area contributed by atoms with E-state index < -0.39 is 5.97 Å². The van der Waals surface area contributed by atoms with Gasteiger partial charge in [0.25, 0.3) is 0 Å². The average Bonchev–Trinajstić information content (AvgIpc) is 2.54. The highest BCUT2D eigenvalue weighted by molar-refractivity contribution is 5.92. The van der Waals surface area contributed by atoms with E-state index in [0.29, 0.717) is 11.5 Å². The number of benzene rings is 3.